The van der Waals surface area contributed by atoms with Gasteiger partial charge in [-0.05, 0) is 43.1 Å². The van der Waals surface area contributed by atoms with Gasteiger partial charge in [-0.3, -0.25) is 9.69 Å². The van der Waals surface area contributed by atoms with Gasteiger partial charge in [0.2, 0.25) is 0 Å². The highest BCUT2D eigenvalue weighted by Gasteiger charge is 2.36. The van der Waals surface area contributed by atoms with Crippen LogP contribution in [-0.4, -0.2) is 28.6 Å². The lowest BCUT2D eigenvalue weighted by molar-refractivity contribution is -0.145. The van der Waals surface area contributed by atoms with Crippen molar-refractivity contribution >= 4 is 17.6 Å². The fraction of sp³-hybridized carbons (Fsp3) is 0.316. The molecule has 6 heteroatoms. The topological polar surface area (TPSA) is 40.5 Å². The lowest BCUT2D eigenvalue weighted by Crippen LogP contribution is -2.47. The van der Waals surface area contributed by atoms with Crippen LogP contribution < -0.4 is 0 Å². The summed E-state index contributed by atoms with van der Waals surface area (Å²) < 4.78 is 27.9. The number of halogens is 3. The SMILES string of the molecule is O=C(O)C1CCCCN1C(c1cccc(Cl)c1)c1ccc(F)cc1F. The van der Waals surface area contributed by atoms with Crippen LogP contribution >= 0.6 is 11.6 Å². The Balaban J connectivity index is 2.12. The number of carbonyl (C=O) groups is 1. The molecule has 2 atom stereocenters. The number of piperidine rings is 1. The van der Waals surface area contributed by atoms with E-state index >= 15 is 0 Å². The number of carboxylic acids is 1. The summed E-state index contributed by atoms with van der Waals surface area (Å²) in [5.41, 5.74) is 0.933. The second kappa shape index (κ2) is 7.50. The molecule has 0 amide bonds. The van der Waals surface area contributed by atoms with Crippen LogP contribution in [0.1, 0.15) is 36.4 Å². The van der Waals surface area contributed by atoms with Crippen LogP contribution in [0.2, 0.25) is 5.02 Å². The van der Waals surface area contributed by atoms with Crippen molar-refractivity contribution in [2.45, 2.75) is 31.3 Å². The molecule has 0 aromatic heterocycles. The first kappa shape index (κ1) is 17.8. The molecule has 0 aliphatic carbocycles. The van der Waals surface area contributed by atoms with E-state index in [4.69, 9.17) is 11.6 Å². The average Bonchev–Trinajstić information content (AvgIpc) is 2.57. The van der Waals surface area contributed by atoms with Crippen LogP contribution in [0.4, 0.5) is 8.78 Å². The van der Waals surface area contributed by atoms with E-state index in [1.54, 1.807) is 29.2 Å². The normalized spacial score (nSPS) is 19.6. The minimum atomic E-state index is -0.936. The van der Waals surface area contributed by atoms with Crippen molar-refractivity contribution < 1.29 is 18.7 Å². The second-order valence-corrected chi connectivity index (χ2v) is 6.65. The number of nitrogens with zero attached hydrogens (tertiary/aromatic N) is 1. The minimum Gasteiger partial charge on any atom is -0.480 e. The molecular weight excluding hydrogens is 348 g/mol. The zero-order chi connectivity index (χ0) is 18.0. The van der Waals surface area contributed by atoms with Crippen LogP contribution in [-0.2, 0) is 4.79 Å². The summed E-state index contributed by atoms with van der Waals surface area (Å²) in [6.07, 6.45) is 2.13. The van der Waals surface area contributed by atoms with Crippen molar-refractivity contribution in [1.82, 2.24) is 4.90 Å². The molecule has 0 saturated carbocycles. The fourth-order valence-electron chi connectivity index (χ4n) is 3.48. The van der Waals surface area contributed by atoms with Crippen molar-refractivity contribution in [3.63, 3.8) is 0 Å². The molecule has 25 heavy (non-hydrogen) atoms. The van der Waals surface area contributed by atoms with E-state index in [0.29, 0.717) is 23.6 Å². The van der Waals surface area contributed by atoms with Crippen LogP contribution in [0, 0.1) is 11.6 Å². The summed E-state index contributed by atoms with van der Waals surface area (Å²) in [6.45, 7) is 0.519. The van der Waals surface area contributed by atoms with Gasteiger partial charge in [-0.25, -0.2) is 8.78 Å². The van der Waals surface area contributed by atoms with E-state index in [2.05, 4.69) is 0 Å². The van der Waals surface area contributed by atoms with Crippen molar-refractivity contribution in [2.24, 2.45) is 0 Å². The summed E-state index contributed by atoms with van der Waals surface area (Å²) in [4.78, 5) is 13.5. The summed E-state index contributed by atoms with van der Waals surface area (Å²) >= 11 is 6.09. The van der Waals surface area contributed by atoms with Crippen LogP contribution in [0.5, 0.6) is 0 Å². The third-order valence-corrected chi connectivity index (χ3v) is 4.82. The third-order valence-electron chi connectivity index (χ3n) is 4.58. The summed E-state index contributed by atoms with van der Waals surface area (Å²) in [7, 11) is 0. The molecule has 2 aromatic rings. The van der Waals surface area contributed by atoms with E-state index in [1.165, 1.54) is 12.1 Å². The van der Waals surface area contributed by atoms with E-state index < -0.39 is 29.7 Å². The first-order valence-corrected chi connectivity index (χ1v) is 8.54. The Kier molecular flexibility index (Phi) is 5.35. The number of hydrogen-bond acceptors (Lipinski definition) is 2. The van der Waals surface area contributed by atoms with Gasteiger partial charge in [0.25, 0.3) is 0 Å². The number of rotatable bonds is 4. The smallest absolute Gasteiger partial charge is 0.320 e. The van der Waals surface area contributed by atoms with Crippen molar-refractivity contribution in [1.29, 1.82) is 0 Å². The Morgan fingerprint density at radius 2 is 2.00 bits per heavy atom. The molecule has 1 fully saturated rings. The molecule has 3 rings (SSSR count). The lowest BCUT2D eigenvalue weighted by atomic mass is 9.91. The van der Waals surface area contributed by atoms with Gasteiger partial charge in [-0.2, -0.15) is 0 Å². The predicted octanol–water partition coefficient (Wildman–Crippen LogP) is 4.65. The molecule has 3 nitrogen and oxygen atoms in total. The van der Waals surface area contributed by atoms with Gasteiger partial charge in [-0.15, -0.1) is 0 Å². The van der Waals surface area contributed by atoms with E-state index in [1.807, 2.05) is 0 Å². The maximum absolute atomic E-state index is 14.5. The molecule has 1 aliphatic rings. The molecule has 2 aromatic carbocycles. The van der Waals surface area contributed by atoms with Crippen molar-refractivity contribution in [3.05, 3.63) is 70.2 Å². The number of likely N-dealkylation sites (tertiary alicyclic amines) is 1. The zero-order valence-corrected chi connectivity index (χ0v) is 14.2. The number of hydrogen-bond donors (Lipinski definition) is 1. The highest BCUT2D eigenvalue weighted by atomic mass is 35.5. The van der Waals surface area contributed by atoms with Crippen molar-refractivity contribution in [2.75, 3.05) is 6.54 Å². The first-order valence-electron chi connectivity index (χ1n) is 8.16. The van der Waals surface area contributed by atoms with Gasteiger partial charge in [0.05, 0.1) is 6.04 Å². The molecule has 0 bridgehead atoms. The first-order chi connectivity index (χ1) is 12.0. The van der Waals surface area contributed by atoms with E-state index in [9.17, 15) is 18.7 Å². The average molecular weight is 366 g/mol. The minimum absolute atomic E-state index is 0.247. The summed E-state index contributed by atoms with van der Waals surface area (Å²) in [5.74, 6) is -2.30. The molecule has 1 N–H and O–H groups in total. The summed E-state index contributed by atoms with van der Waals surface area (Å²) in [6, 6.07) is 8.96. The van der Waals surface area contributed by atoms with Gasteiger partial charge in [0, 0.05) is 16.7 Å². The number of carboxylic acid groups (broad SMARTS) is 1. The number of benzene rings is 2. The Bertz CT molecular complexity index is 784. The Hall–Kier alpha value is -1.98. The molecule has 1 heterocycles. The molecule has 1 aliphatic heterocycles. The largest absolute Gasteiger partial charge is 0.480 e. The quantitative estimate of drug-likeness (QED) is 0.857. The zero-order valence-electron chi connectivity index (χ0n) is 13.5. The molecule has 2 unspecified atom stereocenters. The van der Waals surface area contributed by atoms with Gasteiger partial charge in [0.15, 0.2) is 0 Å². The highest BCUT2D eigenvalue weighted by molar-refractivity contribution is 6.30. The highest BCUT2D eigenvalue weighted by Crippen LogP contribution is 2.36. The van der Waals surface area contributed by atoms with Gasteiger partial charge < -0.3 is 5.11 Å². The lowest BCUT2D eigenvalue weighted by Gasteiger charge is -2.39. The van der Waals surface area contributed by atoms with E-state index in [0.717, 1.165) is 18.9 Å². The van der Waals surface area contributed by atoms with Gasteiger partial charge >= 0.3 is 5.97 Å². The van der Waals surface area contributed by atoms with Crippen LogP contribution in [0.25, 0.3) is 0 Å². The third kappa shape index (κ3) is 3.83. The Morgan fingerprint density at radius 1 is 1.20 bits per heavy atom. The van der Waals surface area contributed by atoms with E-state index in [-0.39, 0.29) is 5.56 Å². The molecule has 0 spiro atoms. The molecule has 132 valence electrons. The Morgan fingerprint density at radius 3 is 2.68 bits per heavy atom. The second-order valence-electron chi connectivity index (χ2n) is 6.21. The molecular formula is C19H18ClF2NO2. The van der Waals surface area contributed by atoms with Gasteiger partial charge in [-0.1, -0.05) is 36.2 Å². The van der Waals surface area contributed by atoms with Crippen LogP contribution in [0.15, 0.2) is 42.5 Å². The molecule has 1 saturated heterocycles. The monoisotopic (exact) mass is 365 g/mol. The van der Waals surface area contributed by atoms with Gasteiger partial charge in [0.1, 0.15) is 17.7 Å². The predicted molar refractivity (Wildman–Crippen MR) is 91.6 cm³/mol. The number of aliphatic carboxylic acids is 1. The Labute approximate surface area is 149 Å². The van der Waals surface area contributed by atoms with Crippen LogP contribution in [0.3, 0.4) is 0 Å². The molecule has 0 radical (unpaired) electrons. The van der Waals surface area contributed by atoms with Crippen molar-refractivity contribution in [3.8, 4) is 0 Å². The standard InChI is InChI=1S/C19H18ClF2NO2/c20-13-5-3-4-12(10-13)18(15-8-7-14(21)11-16(15)22)23-9-2-1-6-17(23)19(24)25/h3-5,7-8,10-11,17-18H,1-2,6,9H2,(H,24,25). The summed E-state index contributed by atoms with van der Waals surface area (Å²) in [5, 5.41) is 10.1. The fourth-order valence-corrected chi connectivity index (χ4v) is 3.68. The maximum atomic E-state index is 14.5. The maximum Gasteiger partial charge on any atom is 0.320 e.